The SMILES string of the molecule is COc1ccc(CCC(O)([C@H]2O[C@@H]3SC(N(C)C)=N[C@@H]3[C@@H](O)[C@@H]2O)C(F)(F)F)cc1. The lowest BCUT2D eigenvalue weighted by atomic mass is 9.81. The molecule has 168 valence electrons. The van der Waals surface area contributed by atoms with Gasteiger partial charge in [-0.05, 0) is 30.5 Å². The first-order chi connectivity index (χ1) is 14.0. The predicted octanol–water partition coefficient (Wildman–Crippen LogP) is 1.40. The Morgan fingerprint density at radius 1 is 1.17 bits per heavy atom. The van der Waals surface area contributed by atoms with Gasteiger partial charge in [0.1, 0.15) is 35.5 Å². The van der Waals surface area contributed by atoms with E-state index in [4.69, 9.17) is 9.47 Å². The van der Waals surface area contributed by atoms with E-state index in [2.05, 4.69) is 4.99 Å². The Morgan fingerprint density at radius 2 is 1.80 bits per heavy atom. The number of fused-ring (bicyclic) bond motifs is 1. The number of aliphatic hydroxyl groups is 3. The number of aryl methyl sites for hydroxylation is 1. The van der Waals surface area contributed by atoms with Crippen molar-refractivity contribution in [2.75, 3.05) is 21.2 Å². The van der Waals surface area contributed by atoms with E-state index in [1.165, 1.54) is 7.11 Å². The van der Waals surface area contributed by atoms with Crippen molar-refractivity contribution in [1.29, 1.82) is 0 Å². The van der Waals surface area contributed by atoms with Gasteiger partial charge in [-0.1, -0.05) is 23.9 Å². The summed E-state index contributed by atoms with van der Waals surface area (Å²) in [4.78, 5) is 5.86. The molecule has 1 unspecified atom stereocenters. The molecule has 0 aromatic heterocycles. The van der Waals surface area contributed by atoms with Crippen LogP contribution in [0.4, 0.5) is 13.2 Å². The van der Waals surface area contributed by atoms with Gasteiger partial charge in [-0.2, -0.15) is 13.2 Å². The summed E-state index contributed by atoms with van der Waals surface area (Å²) < 4.78 is 52.5. The fraction of sp³-hybridized carbons (Fsp3) is 0.632. The van der Waals surface area contributed by atoms with Crippen LogP contribution in [0.1, 0.15) is 12.0 Å². The number of thioether (sulfide) groups is 1. The molecule has 7 nitrogen and oxygen atoms in total. The van der Waals surface area contributed by atoms with E-state index in [0.717, 1.165) is 11.8 Å². The van der Waals surface area contributed by atoms with Crippen molar-refractivity contribution in [3.63, 3.8) is 0 Å². The summed E-state index contributed by atoms with van der Waals surface area (Å²) in [6.45, 7) is 0. The van der Waals surface area contributed by atoms with Gasteiger partial charge in [-0.15, -0.1) is 0 Å². The molecule has 6 atom stereocenters. The Labute approximate surface area is 176 Å². The minimum absolute atomic E-state index is 0.122. The molecule has 1 aromatic rings. The van der Waals surface area contributed by atoms with E-state index < -0.39 is 48.0 Å². The van der Waals surface area contributed by atoms with E-state index in [9.17, 15) is 28.5 Å². The zero-order chi connectivity index (χ0) is 22.3. The average Bonchev–Trinajstić information content (AvgIpc) is 3.13. The molecule has 1 saturated heterocycles. The Balaban J connectivity index is 1.82. The molecule has 0 spiro atoms. The van der Waals surface area contributed by atoms with Crippen LogP contribution in [0.25, 0.3) is 0 Å². The molecule has 0 aliphatic carbocycles. The highest BCUT2D eigenvalue weighted by Gasteiger charge is 2.65. The van der Waals surface area contributed by atoms with Crippen molar-refractivity contribution >= 4 is 16.9 Å². The van der Waals surface area contributed by atoms with Crippen LogP contribution < -0.4 is 4.74 Å². The molecular weight excluding hydrogens is 425 g/mol. The molecule has 2 aliphatic rings. The highest BCUT2D eigenvalue weighted by atomic mass is 32.2. The van der Waals surface area contributed by atoms with Crippen LogP contribution in [0.3, 0.4) is 0 Å². The molecule has 1 aromatic carbocycles. The summed E-state index contributed by atoms with van der Waals surface area (Å²) in [5.41, 5.74) is -3.75. The van der Waals surface area contributed by atoms with Crippen molar-refractivity contribution < 1.29 is 38.0 Å². The van der Waals surface area contributed by atoms with Crippen LogP contribution in [0.2, 0.25) is 0 Å². The zero-order valence-electron chi connectivity index (χ0n) is 16.7. The molecule has 0 radical (unpaired) electrons. The molecule has 3 rings (SSSR count). The van der Waals surface area contributed by atoms with Crippen LogP contribution >= 0.6 is 11.8 Å². The molecule has 0 saturated carbocycles. The summed E-state index contributed by atoms with van der Waals surface area (Å²) in [6, 6.07) is 5.50. The average molecular weight is 450 g/mol. The minimum Gasteiger partial charge on any atom is -0.497 e. The molecule has 0 amide bonds. The quantitative estimate of drug-likeness (QED) is 0.624. The topological polar surface area (TPSA) is 94.8 Å². The fourth-order valence-corrected chi connectivity index (χ4v) is 4.67. The molecular formula is C19H25F3N2O5S. The summed E-state index contributed by atoms with van der Waals surface area (Å²) >= 11 is 1.05. The minimum atomic E-state index is -5.09. The number of benzene rings is 1. The van der Waals surface area contributed by atoms with Crippen molar-refractivity contribution in [3.05, 3.63) is 29.8 Å². The Hall–Kier alpha value is -1.53. The first-order valence-electron chi connectivity index (χ1n) is 9.33. The number of halogens is 3. The lowest BCUT2D eigenvalue weighted by Gasteiger charge is -2.46. The maximum Gasteiger partial charge on any atom is 0.419 e. The number of amidine groups is 1. The van der Waals surface area contributed by atoms with E-state index in [0.29, 0.717) is 16.5 Å². The number of rotatable bonds is 5. The lowest BCUT2D eigenvalue weighted by molar-refractivity contribution is -0.326. The zero-order valence-corrected chi connectivity index (χ0v) is 17.5. The van der Waals surface area contributed by atoms with Crippen molar-refractivity contribution in [2.24, 2.45) is 4.99 Å². The van der Waals surface area contributed by atoms with Crippen molar-refractivity contribution in [3.8, 4) is 5.75 Å². The first kappa shape index (κ1) is 23.1. The molecule has 2 aliphatic heterocycles. The molecule has 3 N–H and O–H groups in total. The second kappa shape index (κ2) is 8.54. The van der Waals surface area contributed by atoms with Gasteiger partial charge in [0, 0.05) is 14.1 Å². The van der Waals surface area contributed by atoms with E-state index >= 15 is 0 Å². The Bertz CT molecular complexity index is 776. The summed E-state index contributed by atoms with van der Waals surface area (Å²) in [5.74, 6) is 0.556. The highest BCUT2D eigenvalue weighted by molar-refractivity contribution is 8.14. The molecule has 1 fully saturated rings. The second-order valence-corrected chi connectivity index (χ2v) is 8.66. The maximum atomic E-state index is 14.0. The number of hydrogen-bond acceptors (Lipinski definition) is 8. The Morgan fingerprint density at radius 3 is 2.33 bits per heavy atom. The van der Waals surface area contributed by atoms with Crippen LogP contribution in [-0.2, 0) is 11.2 Å². The lowest BCUT2D eigenvalue weighted by Crippen LogP contribution is -2.67. The van der Waals surface area contributed by atoms with E-state index in [-0.39, 0.29) is 6.42 Å². The van der Waals surface area contributed by atoms with Gasteiger partial charge in [-0.25, -0.2) is 0 Å². The van der Waals surface area contributed by atoms with Crippen LogP contribution in [0.5, 0.6) is 5.75 Å². The number of aliphatic imine (C=N–C) groups is 1. The number of ether oxygens (including phenoxy) is 2. The van der Waals surface area contributed by atoms with Crippen molar-refractivity contribution in [1.82, 2.24) is 4.90 Å². The summed E-state index contributed by atoms with van der Waals surface area (Å²) in [6.07, 6.45) is -11.6. The molecule has 2 heterocycles. The summed E-state index contributed by atoms with van der Waals surface area (Å²) in [7, 11) is 4.87. The van der Waals surface area contributed by atoms with Crippen LogP contribution in [0, 0.1) is 0 Å². The Kier molecular flexibility index (Phi) is 6.59. The smallest absolute Gasteiger partial charge is 0.419 e. The fourth-order valence-electron chi connectivity index (χ4n) is 3.53. The third kappa shape index (κ3) is 4.26. The molecule has 11 heteroatoms. The van der Waals surface area contributed by atoms with Gasteiger partial charge < -0.3 is 29.7 Å². The van der Waals surface area contributed by atoms with Gasteiger partial charge >= 0.3 is 6.18 Å². The summed E-state index contributed by atoms with van der Waals surface area (Å²) in [5, 5.41) is 32.0. The monoisotopic (exact) mass is 450 g/mol. The standard InChI is InChI=1S/C19H25F3N2O5S/c1-24(2)17-23-12-13(25)14(26)15(29-16(12)30-17)18(27,19(20,21)22)9-8-10-4-6-11(28-3)7-5-10/h4-7,12-16,25-27H,8-9H2,1-3H3/t12-,13-,14+,15+,16-,18?/m1/s1. The second-order valence-electron chi connectivity index (χ2n) is 7.59. The maximum absolute atomic E-state index is 14.0. The van der Waals surface area contributed by atoms with Crippen molar-refractivity contribution in [2.45, 2.75) is 54.4 Å². The number of aliphatic hydroxyl groups excluding tert-OH is 2. The van der Waals surface area contributed by atoms with Gasteiger partial charge in [0.25, 0.3) is 0 Å². The van der Waals surface area contributed by atoms with Crippen LogP contribution in [-0.4, -0.2) is 88.2 Å². The highest BCUT2D eigenvalue weighted by Crippen LogP contribution is 2.45. The third-order valence-corrected chi connectivity index (χ3v) is 6.65. The predicted molar refractivity (Wildman–Crippen MR) is 105 cm³/mol. The largest absolute Gasteiger partial charge is 0.497 e. The number of methoxy groups -OCH3 is 1. The number of alkyl halides is 3. The third-order valence-electron chi connectivity index (χ3n) is 5.35. The number of hydrogen-bond donors (Lipinski definition) is 3. The van der Waals surface area contributed by atoms with Gasteiger partial charge in [0.2, 0.25) is 0 Å². The molecule has 30 heavy (non-hydrogen) atoms. The first-order valence-corrected chi connectivity index (χ1v) is 10.2. The normalized spacial score (nSPS) is 31.0. The van der Waals surface area contributed by atoms with E-state index in [1.54, 1.807) is 43.3 Å². The van der Waals surface area contributed by atoms with E-state index in [1.807, 2.05) is 0 Å². The number of nitrogens with zero attached hydrogens (tertiary/aromatic N) is 2. The van der Waals surface area contributed by atoms with Crippen LogP contribution in [0.15, 0.2) is 29.3 Å². The van der Waals surface area contributed by atoms with Gasteiger partial charge in [0.15, 0.2) is 10.8 Å². The molecule has 0 bridgehead atoms. The van der Waals surface area contributed by atoms with Gasteiger partial charge in [0.05, 0.1) is 7.11 Å². The van der Waals surface area contributed by atoms with Gasteiger partial charge in [-0.3, -0.25) is 4.99 Å².